The van der Waals surface area contributed by atoms with Crippen LogP contribution in [0.4, 0.5) is 11.4 Å². The second-order valence-electron chi connectivity index (χ2n) is 6.22. The predicted molar refractivity (Wildman–Crippen MR) is 97.2 cm³/mol. The Balaban J connectivity index is 2.04. The lowest BCUT2D eigenvalue weighted by molar-refractivity contribution is -0.385. The molecule has 2 rings (SSSR count). The number of ether oxygens (including phenoxy) is 1. The average molecular weight is 342 g/mol. The van der Waals surface area contributed by atoms with Crippen molar-refractivity contribution in [3.05, 3.63) is 63.7 Å². The summed E-state index contributed by atoms with van der Waals surface area (Å²) in [6, 6.07) is 11.4. The van der Waals surface area contributed by atoms with E-state index in [4.69, 9.17) is 4.74 Å². The molecule has 0 spiro atoms. The van der Waals surface area contributed by atoms with Gasteiger partial charge in [0.05, 0.1) is 22.8 Å². The number of nitrogens with one attached hydrogen (secondary N) is 1. The van der Waals surface area contributed by atoms with Crippen LogP contribution in [-0.2, 0) is 0 Å². The predicted octanol–water partition coefficient (Wildman–Crippen LogP) is 4.58. The fourth-order valence-corrected chi connectivity index (χ4v) is 2.27. The highest BCUT2D eigenvalue weighted by atomic mass is 16.6. The van der Waals surface area contributed by atoms with E-state index in [2.05, 4.69) is 19.2 Å². The smallest absolute Gasteiger partial charge is 0.274 e. The van der Waals surface area contributed by atoms with Crippen molar-refractivity contribution in [2.75, 3.05) is 11.9 Å². The van der Waals surface area contributed by atoms with Crippen LogP contribution in [0.1, 0.15) is 36.2 Å². The zero-order valence-corrected chi connectivity index (χ0v) is 14.6. The van der Waals surface area contributed by atoms with Crippen LogP contribution in [0.5, 0.6) is 5.75 Å². The van der Waals surface area contributed by atoms with Crippen molar-refractivity contribution in [1.82, 2.24) is 0 Å². The van der Waals surface area contributed by atoms with Crippen LogP contribution in [0.25, 0.3) is 0 Å². The summed E-state index contributed by atoms with van der Waals surface area (Å²) < 4.78 is 5.62. The highest BCUT2D eigenvalue weighted by Crippen LogP contribution is 2.25. The van der Waals surface area contributed by atoms with Crippen molar-refractivity contribution in [3.63, 3.8) is 0 Å². The van der Waals surface area contributed by atoms with Crippen molar-refractivity contribution >= 4 is 17.3 Å². The van der Waals surface area contributed by atoms with E-state index in [1.807, 2.05) is 0 Å². The molecule has 0 saturated carbocycles. The second-order valence-corrected chi connectivity index (χ2v) is 6.22. The molecule has 2 aromatic rings. The number of amides is 1. The summed E-state index contributed by atoms with van der Waals surface area (Å²) in [5.41, 5.74) is 1.29. The number of nitro benzene ring substituents is 1. The van der Waals surface area contributed by atoms with Crippen LogP contribution in [0.3, 0.4) is 0 Å². The number of carbonyl (C=O) groups excluding carboxylic acids is 1. The molecule has 6 nitrogen and oxygen atoms in total. The van der Waals surface area contributed by atoms with E-state index in [0.29, 0.717) is 35.1 Å². The number of hydrogen-bond acceptors (Lipinski definition) is 4. The molecule has 0 aliphatic rings. The summed E-state index contributed by atoms with van der Waals surface area (Å²) in [5, 5.41) is 13.7. The van der Waals surface area contributed by atoms with Gasteiger partial charge in [0, 0.05) is 11.6 Å². The third kappa shape index (κ3) is 5.04. The Morgan fingerprint density at radius 2 is 1.88 bits per heavy atom. The Morgan fingerprint density at radius 1 is 1.20 bits per heavy atom. The molecule has 0 aliphatic heterocycles. The van der Waals surface area contributed by atoms with Gasteiger partial charge in [0.25, 0.3) is 11.6 Å². The number of anilines is 1. The van der Waals surface area contributed by atoms with Crippen LogP contribution >= 0.6 is 0 Å². The van der Waals surface area contributed by atoms with Crippen LogP contribution in [0.15, 0.2) is 42.5 Å². The van der Waals surface area contributed by atoms with Crippen molar-refractivity contribution in [2.45, 2.75) is 27.2 Å². The average Bonchev–Trinajstić information content (AvgIpc) is 2.56. The minimum atomic E-state index is -0.464. The SMILES string of the molecule is Cc1c(NC(=O)c2ccc(OCCC(C)C)cc2)cccc1[N+](=O)[O-]. The number of nitrogens with zero attached hydrogens (tertiary/aromatic N) is 1. The summed E-state index contributed by atoms with van der Waals surface area (Å²) in [6.07, 6.45) is 0.967. The zero-order chi connectivity index (χ0) is 18.4. The number of rotatable bonds is 7. The topological polar surface area (TPSA) is 81.5 Å². The largest absolute Gasteiger partial charge is 0.494 e. The molecule has 0 unspecified atom stereocenters. The second kappa shape index (κ2) is 8.28. The summed E-state index contributed by atoms with van der Waals surface area (Å²) in [6.45, 7) is 6.51. The molecule has 0 aliphatic carbocycles. The molecular formula is C19H22N2O4. The van der Waals surface area contributed by atoms with Gasteiger partial charge in [0.2, 0.25) is 0 Å². The van der Waals surface area contributed by atoms with E-state index >= 15 is 0 Å². The summed E-state index contributed by atoms with van der Waals surface area (Å²) in [5.74, 6) is 0.962. The van der Waals surface area contributed by atoms with E-state index in [9.17, 15) is 14.9 Å². The highest BCUT2D eigenvalue weighted by Gasteiger charge is 2.15. The maximum atomic E-state index is 12.3. The Labute approximate surface area is 147 Å². The molecule has 6 heteroatoms. The minimum Gasteiger partial charge on any atom is -0.494 e. The maximum absolute atomic E-state index is 12.3. The van der Waals surface area contributed by atoms with Crippen molar-refractivity contribution < 1.29 is 14.5 Å². The van der Waals surface area contributed by atoms with Crippen molar-refractivity contribution in [1.29, 1.82) is 0 Å². The molecule has 0 saturated heterocycles. The van der Waals surface area contributed by atoms with Gasteiger partial charge in [-0.05, 0) is 49.6 Å². The Kier molecular flexibility index (Phi) is 6.11. The van der Waals surface area contributed by atoms with Crippen molar-refractivity contribution in [3.8, 4) is 5.75 Å². The first-order valence-corrected chi connectivity index (χ1v) is 8.16. The van der Waals surface area contributed by atoms with Gasteiger partial charge in [0.1, 0.15) is 5.75 Å². The van der Waals surface area contributed by atoms with Crippen LogP contribution in [-0.4, -0.2) is 17.4 Å². The standard InChI is InChI=1S/C19H22N2O4/c1-13(2)11-12-25-16-9-7-15(8-10-16)19(22)20-17-5-4-6-18(14(17)3)21(23)24/h4-10,13H,11-12H2,1-3H3,(H,20,22). The number of hydrogen-bond donors (Lipinski definition) is 1. The van der Waals surface area contributed by atoms with Crippen molar-refractivity contribution in [2.24, 2.45) is 5.92 Å². The molecule has 1 N–H and O–H groups in total. The van der Waals surface area contributed by atoms with Gasteiger partial charge in [-0.3, -0.25) is 14.9 Å². The Morgan fingerprint density at radius 3 is 2.48 bits per heavy atom. The number of benzene rings is 2. The first kappa shape index (κ1) is 18.4. The molecule has 0 fully saturated rings. The van der Waals surface area contributed by atoms with Gasteiger partial charge in [-0.1, -0.05) is 19.9 Å². The molecule has 0 aromatic heterocycles. The maximum Gasteiger partial charge on any atom is 0.274 e. The molecule has 0 bridgehead atoms. The number of carbonyl (C=O) groups is 1. The van der Waals surface area contributed by atoms with Crippen LogP contribution < -0.4 is 10.1 Å². The van der Waals surface area contributed by atoms with E-state index in [0.717, 1.165) is 6.42 Å². The number of nitro groups is 1. The summed E-state index contributed by atoms with van der Waals surface area (Å²) in [4.78, 5) is 22.9. The van der Waals surface area contributed by atoms with Crippen LogP contribution in [0.2, 0.25) is 0 Å². The monoisotopic (exact) mass is 342 g/mol. The first-order chi connectivity index (χ1) is 11.9. The normalized spacial score (nSPS) is 10.6. The third-order valence-corrected chi connectivity index (χ3v) is 3.83. The lowest BCUT2D eigenvalue weighted by Crippen LogP contribution is -2.13. The zero-order valence-electron chi connectivity index (χ0n) is 14.6. The molecule has 25 heavy (non-hydrogen) atoms. The van der Waals surface area contributed by atoms with E-state index in [-0.39, 0.29) is 11.6 Å². The molecule has 132 valence electrons. The Bertz CT molecular complexity index is 755. The van der Waals surface area contributed by atoms with Gasteiger partial charge in [-0.25, -0.2) is 0 Å². The molecule has 0 heterocycles. The molecule has 1 amide bonds. The summed E-state index contributed by atoms with van der Waals surface area (Å²) >= 11 is 0. The van der Waals surface area contributed by atoms with E-state index in [1.54, 1.807) is 43.3 Å². The Hall–Kier alpha value is -2.89. The minimum absolute atomic E-state index is 0.0216. The molecule has 0 radical (unpaired) electrons. The fourth-order valence-electron chi connectivity index (χ4n) is 2.27. The van der Waals surface area contributed by atoms with Gasteiger partial charge in [-0.2, -0.15) is 0 Å². The molecule has 2 aromatic carbocycles. The van der Waals surface area contributed by atoms with Gasteiger partial charge in [0.15, 0.2) is 0 Å². The first-order valence-electron chi connectivity index (χ1n) is 8.16. The lowest BCUT2D eigenvalue weighted by Gasteiger charge is -2.10. The van der Waals surface area contributed by atoms with Gasteiger partial charge >= 0.3 is 0 Å². The quantitative estimate of drug-likeness (QED) is 0.590. The molecular weight excluding hydrogens is 320 g/mol. The van der Waals surface area contributed by atoms with Gasteiger partial charge in [-0.15, -0.1) is 0 Å². The summed E-state index contributed by atoms with van der Waals surface area (Å²) in [7, 11) is 0. The lowest BCUT2D eigenvalue weighted by atomic mass is 10.1. The fraction of sp³-hybridized carbons (Fsp3) is 0.316. The molecule has 0 atom stereocenters. The van der Waals surface area contributed by atoms with Gasteiger partial charge < -0.3 is 10.1 Å². The van der Waals surface area contributed by atoms with E-state index in [1.165, 1.54) is 6.07 Å². The van der Waals surface area contributed by atoms with Crippen LogP contribution in [0, 0.1) is 23.0 Å². The highest BCUT2D eigenvalue weighted by molar-refractivity contribution is 6.04. The third-order valence-electron chi connectivity index (χ3n) is 3.83. The van der Waals surface area contributed by atoms with E-state index < -0.39 is 4.92 Å².